The number of nitrogens with zero attached hydrogens (tertiary/aromatic N) is 3. The minimum atomic E-state index is -4.40. The number of aryl methyl sites for hydroxylation is 1. The van der Waals surface area contributed by atoms with Crippen LogP contribution in [-0.4, -0.2) is 18.2 Å². The molecule has 0 atom stereocenters. The smallest absolute Gasteiger partial charge is 0.268 e. The van der Waals surface area contributed by atoms with Crippen molar-refractivity contribution in [1.82, 2.24) is 3.97 Å². The van der Waals surface area contributed by atoms with Crippen molar-refractivity contribution < 1.29 is 22.0 Å². The van der Waals surface area contributed by atoms with Gasteiger partial charge in [0.05, 0.1) is 34.3 Å². The summed E-state index contributed by atoms with van der Waals surface area (Å²) in [5.41, 5.74) is 2.17. The number of hydrogen-bond acceptors (Lipinski definition) is 4. The number of Topliss-reactive ketones (excluding diaryl/α,β-unsaturated/α-hetero) is 1. The Morgan fingerprint density at radius 3 is 2.30 bits per heavy atom. The van der Waals surface area contributed by atoms with Crippen LogP contribution in [0.2, 0.25) is 5.02 Å². The highest BCUT2D eigenvalue weighted by Gasteiger charge is 2.31. The molecular weight excluding hydrogens is 640 g/mol. The van der Waals surface area contributed by atoms with Gasteiger partial charge in [-0.15, -0.1) is 0 Å². The third-order valence-corrected chi connectivity index (χ3v) is 9.90. The van der Waals surface area contributed by atoms with E-state index in [-0.39, 0.29) is 60.0 Å². The molecule has 230 valence electrons. The average Bonchev–Trinajstić information content (AvgIpc) is 3.40. The molecule has 0 aliphatic heterocycles. The van der Waals surface area contributed by atoms with E-state index in [1.807, 2.05) is 6.92 Å². The molecule has 0 saturated carbocycles. The zero-order valence-electron chi connectivity index (χ0n) is 24.8. The maximum atomic E-state index is 15.0. The number of nitriles is 1. The Balaban J connectivity index is 1.79. The lowest BCUT2D eigenvalue weighted by atomic mass is 9.92. The molecule has 1 aromatic heterocycles. The van der Waals surface area contributed by atoms with Gasteiger partial charge in [-0.05, 0) is 74.0 Å². The normalized spacial score (nSPS) is 11.3. The summed E-state index contributed by atoms with van der Waals surface area (Å²) in [4.78, 5) is 15.5. The zero-order valence-corrected chi connectivity index (χ0v) is 26.4. The fourth-order valence-electron chi connectivity index (χ4n) is 5.68. The minimum absolute atomic E-state index is 0.0443. The van der Waals surface area contributed by atoms with Crippen LogP contribution in [0.1, 0.15) is 28.4 Å². The molecule has 0 fully saturated rings. The van der Waals surface area contributed by atoms with Crippen LogP contribution in [0.5, 0.6) is 0 Å². The lowest BCUT2D eigenvalue weighted by molar-refractivity contribution is 0.101. The van der Waals surface area contributed by atoms with Crippen LogP contribution >= 0.6 is 11.6 Å². The summed E-state index contributed by atoms with van der Waals surface area (Å²) in [5, 5.41) is 10.4. The van der Waals surface area contributed by atoms with Gasteiger partial charge in [-0.2, -0.15) is 5.26 Å². The Hall–Kier alpha value is -5.61. The Kier molecular flexibility index (Phi) is 7.98. The van der Waals surface area contributed by atoms with Gasteiger partial charge in [-0.3, -0.25) is 4.79 Å². The molecule has 10 heteroatoms. The largest absolute Gasteiger partial charge is 0.294 e. The Labute approximate surface area is 274 Å². The summed E-state index contributed by atoms with van der Waals surface area (Å²) in [5.74, 6) is -1.94. The first-order valence-corrected chi connectivity index (χ1v) is 16.0. The van der Waals surface area contributed by atoms with E-state index < -0.39 is 27.4 Å². The molecule has 0 N–H and O–H groups in total. The van der Waals surface area contributed by atoms with Crippen LogP contribution < -0.4 is 0 Å². The molecule has 0 radical (unpaired) electrons. The van der Waals surface area contributed by atoms with Crippen molar-refractivity contribution >= 4 is 44.0 Å². The molecule has 1 heterocycles. The highest BCUT2D eigenvalue weighted by atomic mass is 35.5. The van der Waals surface area contributed by atoms with Gasteiger partial charge in [-0.1, -0.05) is 59.6 Å². The molecule has 0 unspecified atom stereocenters. The van der Waals surface area contributed by atoms with Crippen molar-refractivity contribution in [2.45, 2.75) is 18.7 Å². The van der Waals surface area contributed by atoms with Gasteiger partial charge in [-0.25, -0.2) is 26.0 Å². The second kappa shape index (κ2) is 12.0. The zero-order chi connectivity index (χ0) is 33.6. The summed E-state index contributed by atoms with van der Waals surface area (Å²) >= 11 is 6.53. The first-order valence-electron chi connectivity index (χ1n) is 14.1. The molecular formula is C37H22ClF2N3O3S. The van der Waals surface area contributed by atoms with E-state index in [9.17, 15) is 22.9 Å². The van der Waals surface area contributed by atoms with E-state index >= 15 is 4.39 Å². The van der Waals surface area contributed by atoms with E-state index in [0.717, 1.165) is 21.7 Å². The van der Waals surface area contributed by atoms with Crippen LogP contribution in [0.4, 0.5) is 14.5 Å². The highest BCUT2D eigenvalue weighted by Crippen LogP contribution is 2.48. The quantitative estimate of drug-likeness (QED) is 0.131. The summed E-state index contributed by atoms with van der Waals surface area (Å²) in [6, 6.07) is 25.4. The molecule has 0 bridgehead atoms. The predicted octanol–water partition coefficient (Wildman–Crippen LogP) is 9.74. The maximum Gasteiger partial charge on any atom is 0.268 e. The van der Waals surface area contributed by atoms with Gasteiger partial charge in [0.2, 0.25) is 0 Å². The van der Waals surface area contributed by atoms with Crippen molar-refractivity contribution in [3.05, 3.63) is 142 Å². The molecule has 0 aliphatic rings. The van der Waals surface area contributed by atoms with Crippen molar-refractivity contribution in [1.29, 1.82) is 5.26 Å². The lowest BCUT2D eigenvalue weighted by Gasteiger charge is -2.16. The number of rotatable bonds is 6. The molecule has 0 amide bonds. The number of carbonyl (C=O) groups excluding carboxylic acids is 1. The summed E-state index contributed by atoms with van der Waals surface area (Å²) in [6.45, 7) is 10.9. The number of hydrogen-bond donors (Lipinski definition) is 0. The molecule has 0 spiro atoms. The number of halogens is 3. The van der Waals surface area contributed by atoms with Crippen LogP contribution in [0.25, 0.3) is 49.3 Å². The van der Waals surface area contributed by atoms with E-state index in [2.05, 4.69) is 10.9 Å². The van der Waals surface area contributed by atoms with E-state index in [0.29, 0.717) is 11.1 Å². The summed E-state index contributed by atoms with van der Waals surface area (Å²) in [6.07, 6.45) is 0. The first-order chi connectivity index (χ1) is 22.5. The molecule has 6 rings (SSSR count). The number of carbonyl (C=O) groups is 1. The molecule has 0 saturated heterocycles. The number of ketones is 1. The second-order valence-corrected chi connectivity index (χ2v) is 13.0. The number of benzene rings is 5. The van der Waals surface area contributed by atoms with Crippen molar-refractivity contribution in [3.63, 3.8) is 0 Å². The molecule has 5 aromatic carbocycles. The first kappa shape index (κ1) is 31.4. The fraction of sp³-hybridized carbons (Fsp3) is 0.0541. The van der Waals surface area contributed by atoms with Gasteiger partial charge in [0, 0.05) is 38.2 Å². The van der Waals surface area contributed by atoms with E-state index in [1.54, 1.807) is 42.5 Å². The fourth-order valence-corrected chi connectivity index (χ4v) is 7.50. The molecule has 47 heavy (non-hydrogen) atoms. The standard InChI is InChI=1S/C37H22ClF2N3O3S/c1-21-10-13-27(14-11-21)47(45,46)43-34-15-12-26(39)17-30(34)36(35-25(20-41)8-5-9-33(35)42-3)37(43)24-7-4-6-23(16-24)29-19-32(40)28(22(2)44)18-31(29)38/h4-19H,1-2H3. The SMILES string of the molecule is [C-]#[N+]c1cccc(C#N)c1-c1c(-c2cccc(-c3cc(F)c(C(C)=O)cc3Cl)c2)n(S(=O)(=O)c2ccc(C)cc2)c2ccc(F)cc12. The lowest BCUT2D eigenvalue weighted by Crippen LogP contribution is -2.14. The minimum Gasteiger partial charge on any atom is -0.294 e. The van der Waals surface area contributed by atoms with Gasteiger partial charge < -0.3 is 0 Å². The summed E-state index contributed by atoms with van der Waals surface area (Å²) < 4.78 is 60.3. The maximum absolute atomic E-state index is 15.0. The van der Waals surface area contributed by atoms with Crippen LogP contribution in [0.15, 0.2) is 102 Å². The second-order valence-electron chi connectivity index (χ2n) is 10.8. The topological polar surface area (TPSA) is 84.3 Å². The monoisotopic (exact) mass is 661 g/mol. The third kappa shape index (κ3) is 5.36. The predicted molar refractivity (Wildman–Crippen MR) is 178 cm³/mol. The third-order valence-electron chi connectivity index (χ3n) is 7.86. The number of fused-ring (bicyclic) bond motifs is 1. The van der Waals surface area contributed by atoms with Gasteiger partial charge in [0.25, 0.3) is 10.0 Å². The van der Waals surface area contributed by atoms with Gasteiger partial charge >= 0.3 is 0 Å². The van der Waals surface area contributed by atoms with Crippen molar-refractivity contribution in [3.8, 4) is 39.6 Å². The molecule has 6 nitrogen and oxygen atoms in total. The van der Waals surface area contributed by atoms with Crippen LogP contribution in [-0.2, 0) is 10.0 Å². The van der Waals surface area contributed by atoms with E-state index in [4.69, 9.17) is 18.2 Å². The Morgan fingerprint density at radius 1 is 0.915 bits per heavy atom. The van der Waals surface area contributed by atoms with Crippen LogP contribution in [0, 0.1) is 36.5 Å². The Bertz CT molecular complexity index is 2440. The van der Waals surface area contributed by atoms with E-state index in [1.165, 1.54) is 49.4 Å². The molecule has 6 aromatic rings. The highest BCUT2D eigenvalue weighted by molar-refractivity contribution is 7.90. The molecule has 0 aliphatic carbocycles. The average molecular weight is 662 g/mol. The summed E-state index contributed by atoms with van der Waals surface area (Å²) in [7, 11) is -4.40. The van der Waals surface area contributed by atoms with Crippen LogP contribution in [0.3, 0.4) is 0 Å². The van der Waals surface area contributed by atoms with Gasteiger partial charge in [0.15, 0.2) is 11.5 Å². The van der Waals surface area contributed by atoms with Gasteiger partial charge in [0.1, 0.15) is 11.6 Å². The van der Waals surface area contributed by atoms with Crippen molar-refractivity contribution in [2.75, 3.05) is 0 Å². The number of aromatic nitrogens is 1. The van der Waals surface area contributed by atoms with Crippen molar-refractivity contribution in [2.24, 2.45) is 0 Å². The Morgan fingerprint density at radius 2 is 1.62 bits per heavy atom.